The molecule has 0 bridgehead atoms. The number of esters is 1. The van der Waals surface area contributed by atoms with Crippen LogP contribution in [0.25, 0.3) is 11.1 Å². The van der Waals surface area contributed by atoms with Gasteiger partial charge in [-0.25, -0.2) is 4.39 Å². The SMILES string of the molecule is CCOC(=O)C(CC(Cc1ccc(-c2cc(Cl)ccc2F)cc1)NC(=O)c1cn[nH]n1)CN1CCC1. The van der Waals surface area contributed by atoms with Gasteiger partial charge in [0.15, 0.2) is 5.69 Å². The van der Waals surface area contributed by atoms with Gasteiger partial charge in [0.05, 0.1) is 18.7 Å². The summed E-state index contributed by atoms with van der Waals surface area (Å²) >= 11 is 6.04. The van der Waals surface area contributed by atoms with Crippen LogP contribution in [-0.4, -0.2) is 64.5 Å². The highest BCUT2D eigenvalue weighted by Gasteiger charge is 2.29. The molecule has 190 valence electrons. The van der Waals surface area contributed by atoms with E-state index in [2.05, 4.69) is 25.6 Å². The van der Waals surface area contributed by atoms with Gasteiger partial charge in [-0.3, -0.25) is 9.59 Å². The number of likely N-dealkylation sites (tertiary alicyclic amines) is 1. The minimum Gasteiger partial charge on any atom is -0.466 e. The number of H-pyrrole nitrogens is 1. The summed E-state index contributed by atoms with van der Waals surface area (Å²) in [6, 6.07) is 11.5. The molecule has 0 radical (unpaired) electrons. The fourth-order valence-corrected chi connectivity index (χ4v) is 4.48. The van der Waals surface area contributed by atoms with Crippen LogP contribution in [0.2, 0.25) is 5.02 Å². The average Bonchev–Trinajstić information content (AvgIpc) is 3.38. The lowest BCUT2D eigenvalue weighted by atomic mass is 9.92. The first-order valence-corrected chi connectivity index (χ1v) is 12.4. The number of amides is 1. The molecule has 2 unspecified atom stereocenters. The van der Waals surface area contributed by atoms with Crippen LogP contribution in [0, 0.1) is 11.7 Å². The van der Waals surface area contributed by atoms with Gasteiger partial charge in [-0.1, -0.05) is 35.9 Å². The molecule has 2 atom stereocenters. The van der Waals surface area contributed by atoms with Crippen molar-refractivity contribution >= 4 is 23.5 Å². The van der Waals surface area contributed by atoms with Crippen molar-refractivity contribution in [1.29, 1.82) is 0 Å². The van der Waals surface area contributed by atoms with E-state index in [0.717, 1.165) is 25.1 Å². The summed E-state index contributed by atoms with van der Waals surface area (Å²) in [4.78, 5) is 27.7. The molecule has 2 aromatic carbocycles. The first kappa shape index (κ1) is 25.8. The largest absolute Gasteiger partial charge is 0.466 e. The molecule has 1 aliphatic rings. The van der Waals surface area contributed by atoms with Gasteiger partial charge in [0.25, 0.3) is 5.91 Å². The van der Waals surface area contributed by atoms with Crippen molar-refractivity contribution in [3.05, 3.63) is 70.8 Å². The zero-order valence-corrected chi connectivity index (χ0v) is 20.8. The first-order chi connectivity index (χ1) is 17.4. The molecule has 36 heavy (non-hydrogen) atoms. The lowest BCUT2D eigenvalue weighted by molar-refractivity contribution is -0.149. The molecule has 10 heteroatoms. The van der Waals surface area contributed by atoms with Crippen molar-refractivity contribution in [3.8, 4) is 11.1 Å². The van der Waals surface area contributed by atoms with E-state index in [1.54, 1.807) is 13.0 Å². The second-order valence-electron chi connectivity index (χ2n) is 8.89. The van der Waals surface area contributed by atoms with Gasteiger partial charge in [-0.05, 0) is 68.6 Å². The second kappa shape index (κ2) is 12.1. The minimum atomic E-state index is -0.382. The maximum absolute atomic E-state index is 14.3. The van der Waals surface area contributed by atoms with Gasteiger partial charge < -0.3 is 15.0 Å². The maximum Gasteiger partial charge on any atom is 0.310 e. The number of rotatable bonds is 11. The highest BCUT2D eigenvalue weighted by molar-refractivity contribution is 6.30. The molecule has 0 aliphatic carbocycles. The molecular weight excluding hydrogens is 485 g/mol. The normalized spacial score (nSPS) is 15.1. The smallest absolute Gasteiger partial charge is 0.310 e. The number of halogens is 2. The second-order valence-corrected chi connectivity index (χ2v) is 9.33. The molecule has 2 heterocycles. The molecular formula is C26H29ClFN5O3. The fourth-order valence-electron chi connectivity index (χ4n) is 4.31. The predicted molar refractivity (Wildman–Crippen MR) is 134 cm³/mol. The quantitative estimate of drug-likeness (QED) is 0.377. The number of hydrogen-bond donors (Lipinski definition) is 2. The van der Waals surface area contributed by atoms with Crippen LogP contribution in [0.3, 0.4) is 0 Å². The van der Waals surface area contributed by atoms with E-state index in [9.17, 15) is 14.0 Å². The Balaban J connectivity index is 1.52. The summed E-state index contributed by atoms with van der Waals surface area (Å²) in [5.41, 5.74) is 2.21. The molecule has 1 aliphatic heterocycles. The van der Waals surface area contributed by atoms with E-state index < -0.39 is 0 Å². The van der Waals surface area contributed by atoms with Crippen molar-refractivity contribution in [2.24, 2.45) is 5.92 Å². The van der Waals surface area contributed by atoms with Crippen LogP contribution >= 0.6 is 11.6 Å². The summed E-state index contributed by atoms with van der Waals surface area (Å²) in [5.74, 6) is -1.38. The van der Waals surface area contributed by atoms with Crippen molar-refractivity contribution in [2.45, 2.75) is 32.2 Å². The topological polar surface area (TPSA) is 100 Å². The molecule has 1 aromatic heterocycles. The molecule has 1 fully saturated rings. The number of carbonyl (C=O) groups excluding carboxylic acids is 2. The first-order valence-electron chi connectivity index (χ1n) is 12.0. The minimum absolute atomic E-state index is 0.169. The standard InChI is InChI=1S/C26H29ClFN5O3/c1-2-36-26(35)19(16-33-10-3-11-33)13-21(30-25(34)24-15-29-32-31-24)12-17-4-6-18(7-5-17)22-14-20(27)8-9-23(22)28/h4-9,14-15,19,21H,2-3,10-13,16H2,1H3,(H,30,34)(H,29,31,32). The summed E-state index contributed by atoms with van der Waals surface area (Å²) in [6.45, 7) is 4.57. The van der Waals surface area contributed by atoms with Crippen LogP contribution in [0.1, 0.15) is 35.8 Å². The molecule has 4 rings (SSSR count). The third kappa shape index (κ3) is 6.67. The Labute approximate surface area is 214 Å². The third-order valence-corrected chi connectivity index (χ3v) is 6.51. The van der Waals surface area contributed by atoms with Gasteiger partial charge in [0.2, 0.25) is 0 Å². The molecule has 2 N–H and O–H groups in total. The third-order valence-electron chi connectivity index (χ3n) is 6.27. The van der Waals surface area contributed by atoms with E-state index in [4.69, 9.17) is 16.3 Å². The summed E-state index contributed by atoms with van der Waals surface area (Å²) in [7, 11) is 0. The number of aromatic nitrogens is 3. The van der Waals surface area contributed by atoms with Gasteiger partial charge in [0.1, 0.15) is 5.82 Å². The van der Waals surface area contributed by atoms with E-state index in [-0.39, 0.29) is 35.3 Å². The molecule has 1 amide bonds. The Morgan fingerprint density at radius 3 is 2.64 bits per heavy atom. The Bertz CT molecular complexity index is 1170. The maximum atomic E-state index is 14.3. The van der Waals surface area contributed by atoms with Gasteiger partial charge in [0, 0.05) is 23.2 Å². The number of nitrogens with one attached hydrogen (secondary N) is 2. The zero-order valence-electron chi connectivity index (χ0n) is 20.0. The molecule has 1 saturated heterocycles. The Kier molecular flexibility index (Phi) is 8.66. The van der Waals surface area contributed by atoms with Crippen molar-refractivity contribution in [2.75, 3.05) is 26.2 Å². The highest BCUT2D eigenvalue weighted by atomic mass is 35.5. The van der Waals surface area contributed by atoms with Crippen molar-refractivity contribution in [3.63, 3.8) is 0 Å². The molecule has 8 nitrogen and oxygen atoms in total. The molecule has 0 saturated carbocycles. The number of carbonyl (C=O) groups is 2. The Morgan fingerprint density at radius 2 is 2.00 bits per heavy atom. The van der Waals surface area contributed by atoms with Crippen LogP contribution in [0.5, 0.6) is 0 Å². The number of ether oxygens (including phenoxy) is 1. The average molecular weight is 514 g/mol. The molecule has 0 spiro atoms. The monoisotopic (exact) mass is 513 g/mol. The van der Waals surface area contributed by atoms with Gasteiger partial charge >= 0.3 is 5.97 Å². The van der Waals surface area contributed by atoms with Crippen LogP contribution in [0.4, 0.5) is 4.39 Å². The fraction of sp³-hybridized carbons (Fsp3) is 0.385. The Morgan fingerprint density at radius 1 is 1.22 bits per heavy atom. The summed E-state index contributed by atoms with van der Waals surface area (Å²) in [5, 5.41) is 13.5. The van der Waals surface area contributed by atoms with E-state index in [1.165, 1.54) is 18.3 Å². The van der Waals surface area contributed by atoms with Crippen LogP contribution < -0.4 is 5.32 Å². The number of hydrogen-bond acceptors (Lipinski definition) is 6. The van der Waals surface area contributed by atoms with Crippen molar-refractivity contribution < 1.29 is 18.7 Å². The van der Waals surface area contributed by atoms with Crippen LogP contribution in [-0.2, 0) is 16.0 Å². The number of aromatic amines is 1. The zero-order chi connectivity index (χ0) is 25.5. The van der Waals surface area contributed by atoms with E-state index >= 15 is 0 Å². The lowest BCUT2D eigenvalue weighted by Gasteiger charge is -2.34. The van der Waals surface area contributed by atoms with Crippen molar-refractivity contribution in [1.82, 2.24) is 25.6 Å². The number of nitrogens with zero attached hydrogens (tertiary/aromatic N) is 3. The lowest BCUT2D eigenvalue weighted by Crippen LogP contribution is -2.46. The highest BCUT2D eigenvalue weighted by Crippen LogP contribution is 2.27. The van der Waals surface area contributed by atoms with Gasteiger partial charge in [-0.15, -0.1) is 0 Å². The summed E-state index contributed by atoms with van der Waals surface area (Å²) in [6.07, 6.45) is 3.34. The summed E-state index contributed by atoms with van der Waals surface area (Å²) < 4.78 is 19.6. The molecule has 3 aromatic rings. The van der Waals surface area contributed by atoms with Gasteiger partial charge in [-0.2, -0.15) is 15.4 Å². The van der Waals surface area contributed by atoms with Crippen LogP contribution in [0.15, 0.2) is 48.7 Å². The number of benzene rings is 2. The predicted octanol–water partition coefficient (Wildman–Crippen LogP) is 3.88. The Hall–Kier alpha value is -3.30. The van der Waals surface area contributed by atoms with E-state index in [1.807, 2.05) is 24.3 Å². The van der Waals surface area contributed by atoms with E-state index in [0.29, 0.717) is 42.1 Å².